The van der Waals surface area contributed by atoms with Crippen LogP contribution in [0.3, 0.4) is 0 Å². The molecule has 0 aromatic rings. The summed E-state index contributed by atoms with van der Waals surface area (Å²) in [5.74, 6) is 2.65. The Morgan fingerprint density at radius 2 is 1.44 bits per heavy atom. The Balaban J connectivity index is 1.51. The average molecular weight is 474 g/mol. The van der Waals surface area contributed by atoms with Gasteiger partial charge >= 0.3 is 0 Å². The molecule has 3 unspecified atom stereocenters. The van der Waals surface area contributed by atoms with Crippen LogP contribution < -0.4 is 5.32 Å². The molecule has 3 aliphatic carbocycles. The molecule has 3 aliphatic rings. The molecule has 0 heterocycles. The van der Waals surface area contributed by atoms with Crippen LogP contribution >= 0.6 is 11.6 Å². The first-order valence-electron chi connectivity index (χ1n) is 13.5. The molecule has 0 spiro atoms. The molecule has 0 aliphatic heterocycles. The van der Waals surface area contributed by atoms with Crippen molar-refractivity contribution in [3.8, 4) is 0 Å². The summed E-state index contributed by atoms with van der Waals surface area (Å²) in [6.45, 7) is 2.33. The van der Waals surface area contributed by atoms with E-state index in [-0.39, 0.29) is 6.04 Å². The van der Waals surface area contributed by atoms with Gasteiger partial charge in [0.05, 0.1) is 12.1 Å². The van der Waals surface area contributed by atoms with Gasteiger partial charge in [-0.2, -0.15) is 0 Å². The van der Waals surface area contributed by atoms with Crippen molar-refractivity contribution in [2.24, 2.45) is 23.7 Å². The van der Waals surface area contributed by atoms with Crippen molar-refractivity contribution in [1.82, 2.24) is 5.32 Å². The van der Waals surface area contributed by atoms with Crippen LogP contribution in [0.1, 0.15) is 103 Å². The van der Waals surface area contributed by atoms with E-state index in [0.29, 0.717) is 23.8 Å². The summed E-state index contributed by atoms with van der Waals surface area (Å²) < 4.78 is 5.53. The molecule has 32 heavy (non-hydrogen) atoms. The Bertz CT molecular complexity index is 508. The molecule has 3 saturated carbocycles. The largest absolute Gasteiger partial charge is 0.367 e. The lowest BCUT2D eigenvalue weighted by Crippen LogP contribution is -2.52. The van der Waals surface area contributed by atoms with E-state index < -0.39 is 18.6 Å². The molecule has 0 aromatic heterocycles. The van der Waals surface area contributed by atoms with Crippen LogP contribution in [0.15, 0.2) is 0 Å². The number of aliphatic hydroxyl groups excluding tert-OH is 2. The van der Waals surface area contributed by atoms with Crippen LogP contribution in [0.2, 0.25) is 0 Å². The molecule has 3 rings (SSSR count). The molecule has 0 radical (unpaired) electrons. The Morgan fingerprint density at radius 3 is 2.06 bits per heavy atom. The summed E-state index contributed by atoms with van der Waals surface area (Å²) in [6, 6.07) is -0.689. The molecule has 5 atom stereocenters. The van der Waals surface area contributed by atoms with E-state index in [1.165, 1.54) is 70.6 Å². The monoisotopic (exact) mass is 473 g/mol. The lowest BCUT2D eigenvalue weighted by atomic mass is 9.70. The highest BCUT2D eigenvalue weighted by Gasteiger charge is 2.34. The van der Waals surface area contributed by atoms with E-state index >= 15 is 0 Å². The summed E-state index contributed by atoms with van der Waals surface area (Å²) in [5.41, 5.74) is 0. The topological polar surface area (TPSA) is 82.0 Å². The maximum atomic E-state index is 10.6. The first-order chi connectivity index (χ1) is 15.5. The zero-order valence-corrected chi connectivity index (χ0v) is 20.9. The number of halogens is 1. The smallest absolute Gasteiger partial charge is 0.169 e. The number of hydrogen-bond donors (Lipinski definition) is 4. The normalized spacial score (nSPS) is 33.2. The van der Waals surface area contributed by atoms with E-state index in [9.17, 15) is 15.3 Å². The minimum atomic E-state index is -1.43. The zero-order chi connectivity index (χ0) is 22.9. The second kappa shape index (κ2) is 13.8. The summed E-state index contributed by atoms with van der Waals surface area (Å²) >= 11 is 6.43. The van der Waals surface area contributed by atoms with Gasteiger partial charge in [-0.1, -0.05) is 57.8 Å². The number of aliphatic hydroxyl groups is 3. The quantitative estimate of drug-likeness (QED) is 0.252. The van der Waals surface area contributed by atoms with Crippen LogP contribution in [0.5, 0.6) is 0 Å². The molecule has 0 bridgehead atoms. The van der Waals surface area contributed by atoms with E-state index in [1.54, 1.807) is 0 Å². The second-order valence-corrected chi connectivity index (χ2v) is 11.5. The molecule has 0 saturated heterocycles. The predicted molar refractivity (Wildman–Crippen MR) is 129 cm³/mol. The minimum Gasteiger partial charge on any atom is -0.367 e. The fourth-order valence-corrected chi connectivity index (χ4v) is 7.12. The SMILES string of the molecule is CCOC(O)[C@H](CC1CCCCC1)N[C@@H](CC1CCC(C2CCCC(Cl)C2)CC1)C(O)O. The Kier molecular flexibility index (Phi) is 11.5. The number of hydrogen-bond acceptors (Lipinski definition) is 5. The minimum absolute atomic E-state index is 0.260. The van der Waals surface area contributed by atoms with Crippen molar-refractivity contribution in [3.05, 3.63) is 0 Å². The molecule has 5 nitrogen and oxygen atoms in total. The van der Waals surface area contributed by atoms with Gasteiger partial charge in [0, 0.05) is 12.0 Å². The van der Waals surface area contributed by atoms with E-state index in [0.717, 1.165) is 37.5 Å². The summed E-state index contributed by atoms with van der Waals surface area (Å²) in [7, 11) is 0. The molecular formula is C26H48ClNO4. The highest BCUT2D eigenvalue weighted by Crippen LogP contribution is 2.42. The number of alkyl halides is 1. The third-order valence-electron chi connectivity index (χ3n) is 8.58. The van der Waals surface area contributed by atoms with Gasteiger partial charge in [0.25, 0.3) is 0 Å². The maximum Gasteiger partial charge on any atom is 0.169 e. The van der Waals surface area contributed by atoms with Crippen molar-refractivity contribution in [2.45, 2.75) is 133 Å². The van der Waals surface area contributed by atoms with Gasteiger partial charge in [-0.25, -0.2) is 0 Å². The lowest BCUT2D eigenvalue weighted by Gasteiger charge is -2.39. The Labute approximate surface area is 200 Å². The van der Waals surface area contributed by atoms with Gasteiger partial charge in [0.1, 0.15) is 0 Å². The molecular weight excluding hydrogens is 426 g/mol. The van der Waals surface area contributed by atoms with Gasteiger partial charge < -0.3 is 25.4 Å². The van der Waals surface area contributed by atoms with Gasteiger partial charge in [0.2, 0.25) is 0 Å². The lowest BCUT2D eigenvalue weighted by molar-refractivity contribution is -0.134. The Hall–Kier alpha value is 0.0900. The highest BCUT2D eigenvalue weighted by atomic mass is 35.5. The Morgan fingerprint density at radius 1 is 0.781 bits per heavy atom. The average Bonchev–Trinajstić information content (AvgIpc) is 2.79. The van der Waals surface area contributed by atoms with E-state index in [1.807, 2.05) is 6.92 Å². The third-order valence-corrected chi connectivity index (χ3v) is 8.97. The standard InChI is InChI=1S/C26H48ClNO4/c1-2-32-26(31)24(16-18-7-4-3-5-8-18)28-23(25(29)30)15-19-11-13-20(14-12-19)21-9-6-10-22(27)17-21/h18-26,28-31H,2-17H2,1H3/t19?,20?,21?,22?,23-,24-,26?/m0/s1. The first-order valence-corrected chi connectivity index (χ1v) is 14.0. The van der Waals surface area contributed by atoms with Gasteiger partial charge in [-0.3, -0.25) is 0 Å². The van der Waals surface area contributed by atoms with Crippen LogP contribution in [0, 0.1) is 23.7 Å². The van der Waals surface area contributed by atoms with Crippen LogP contribution in [-0.4, -0.2) is 52.0 Å². The van der Waals surface area contributed by atoms with Crippen molar-refractivity contribution >= 4 is 11.6 Å². The molecule has 3 fully saturated rings. The summed E-state index contributed by atoms with van der Waals surface area (Å²) in [5, 5.41) is 34.7. The van der Waals surface area contributed by atoms with Crippen molar-refractivity contribution in [3.63, 3.8) is 0 Å². The van der Waals surface area contributed by atoms with E-state index in [2.05, 4.69) is 5.32 Å². The maximum absolute atomic E-state index is 10.6. The van der Waals surface area contributed by atoms with Gasteiger partial charge in [0.15, 0.2) is 12.6 Å². The van der Waals surface area contributed by atoms with Crippen LogP contribution in [-0.2, 0) is 4.74 Å². The third kappa shape index (κ3) is 8.39. The van der Waals surface area contributed by atoms with Crippen LogP contribution in [0.25, 0.3) is 0 Å². The fourth-order valence-electron chi connectivity index (χ4n) is 6.73. The fraction of sp³-hybridized carbons (Fsp3) is 1.00. The molecule has 6 heteroatoms. The molecule has 4 N–H and O–H groups in total. The second-order valence-electron chi connectivity index (χ2n) is 10.9. The summed E-state index contributed by atoms with van der Waals surface area (Å²) in [4.78, 5) is 0. The number of ether oxygens (including phenoxy) is 1. The summed E-state index contributed by atoms with van der Waals surface area (Å²) in [6.07, 6.45) is 15.2. The molecule has 0 aromatic carbocycles. The number of nitrogens with one attached hydrogen (secondary N) is 1. The highest BCUT2D eigenvalue weighted by molar-refractivity contribution is 6.20. The molecule has 0 amide bonds. The zero-order valence-electron chi connectivity index (χ0n) is 20.1. The van der Waals surface area contributed by atoms with Gasteiger partial charge in [-0.15, -0.1) is 11.6 Å². The van der Waals surface area contributed by atoms with Crippen LogP contribution in [0.4, 0.5) is 0 Å². The number of rotatable bonds is 11. The first kappa shape index (κ1) is 26.7. The van der Waals surface area contributed by atoms with Crippen molar-refractivity contribution in [2.75, 3.05) is 6.61 Å². The van der Waals surface area contributed by atoms with Crippen molar-refractivity contribution < 1.29 is 20.1 Å². The van der Waals surface area contributed by atoms with Crippen molar-refractivity contribution in [1.29, 1.82) is 0 Å². The predicted octanol–water partition coefficient (Wildman–Crippen LogP) is 4.94. The molecule has 188 valence electrons. The van der Waals surface area contributed by atoms with E-state index in [4.69, 9.17) is 16.3 Å². The van der Waals surface area contributed by atoms with Gasteiger partial charge in [-0.05, 0) is 69.1 Å².